The molecular formula is C23H25ClF3N7. The smallest absolute Gasteiger partial charge is 0.353 e. The molecule has 3 heterocycles. The fourth-order valence-corrected chi connectivity index (χ4v) is 3.73. The maximum absolute atomic E-state index is 13.4. The summed E-state index contributed by atoms with van der Waals surface area (Å²) in [6, 6.07) is 9.77. The van der Waals surface area contributed by atoms with E-state index in [2.05, 4.69) is 19.9 Å². The lowest BCUT2D eigenvalue weighted by Crippen LogP contribution is -2.48. The minimum absolute atomic E-state index is 0.0487. The van der Waals surface area contributed by atoms with Gasteiger partial charge < -0.3 is 14.7 Å². The third-order valence-electron chi connectivity index (χ3n) is 5.76. The molecule has 180 valence electrons. The van der Waals surface area contributed by atoms with E-state index in [9.17, 15) is 13.2 Å². The van der Waals surface area contributed by atoms with Crippen molar-refractivity contribution in [2.24, 2.45) is 0 Å². The molecule has 1 saturated heterocycles. The first-order chi connectivity index (χ1) is 16.1. The van der Waals surface area contributed by atoms with Crippen molar-refractivity contribution >= 4 is 29.3 Å². The van der Waals surface area contributed by atoms with Crippen LogP contribution in [0.5, 0.6) is 0 Å². The zero-order valence-corrected chi connectivity index (χ0v) is 19.8. The lowest BCUT2D eigenvalue weighted by atomic mass is 10.2. The molecule has 2 aromatic heterocycles. The Balaban J connectivity index is 1.61. The van der Waals surface area contributed by atoms with Crippen LogP contribution in [-0.4, -0.2) is 59.2 Å². The van der Waals surface area contributed by atoms with Gasteiger partial charge in [-0.3, -0.25) is 0 Å². The largest absolute Gasteiger partial charge is 0.419 e. The molecule has 7 nitrogen and oxygen atoms in total. The van der Waals surface area contributed by atoms with Crippen molar-refractivity contribution in [3.8, 4) is 11.4 Å². The van der Waals surface area contributed by atoms with Gasteiger partial charge in [-0.15, -0.1) is 0 Å². The first-order valence-corrected chi connectivity index (χ1v) is 11.3. The molecule has 0 unspecified atom stereocenters. The van der Waals surface area contributed by atoms with E-state index < -0.39 is 11.7 Å². The quantitative estimate of drug-likeness (QED) is 0.509. The monoisotopic (exact) mass is 491 g/mol. The fraction of sp³-hybridized carbons (Fsp3) is 0.391. The third kappa shape index (κ3) is 5.16. The Labute approximate surface area is 201 Å². The summed E-state index contributed by atoms with van der Waals surface area (Å²) in [6.45, 7) is 5.69. The Morgan fingerprint density at radius 1 is 0.941 bits per heavy atom. The zero-order valence-electron chi connectivity index (χ0n) is 19.1. The molecule has 0 aliphatic carbocycles. The number of piperazine rings is 1. The number of rotatable bonds is 5. The molecule has 1 aliphatic rings. The highest BCUT2D eigenvalue weighted by Gasteiger charge is 2.36. The number of anilines is 3. The molecule has 4 rings (SSSR count). The van der Waals surface area contributed by atoms with Crippen molar-refractivity contribution in [2.45, 2.75) is 26.1 Å². The van der Waals surface area contributed by atoms with Crippen LogP contribution in [0.4, 0.5) is 30.9 Å². The van der Waals surface area contributed by atoms with Gasteiger partial charge in [0, 0.05) is 56.1 Å². The molecule has 0 amide bonds. The van der Waals surface area contributed by atoms with E-state index in [0.717, 1.165) is 11.6 Å². The highest BCUT2D eigenvalue weighted by molar-refractivity contribution is 6.30. The first-order valence-electron chi connectivity index (χ1n) is 10.9. The first kappa shape index (κ1) is 24.0. The molecule has 1 aromatic carbocycles. The molecule has 0 bridgehead atoms. The van der Waals surface area contributed by atoms with Crippen LogP contribution >= 0.6 is 11.6 Å². The van der Waals surface area contributed by atoms with Crippen LogP contribution in [0, 0.1) is 0 Å². The second kappa shape index (κ2) is 9.61. The van der Waals surface area contributed by atoms with E-state index in [1.807, 2.05) is 42.8 Å². The molecule has 0 spiro atoms. The summed E-state index contributed by atoms with van der Waals surface area (Å²) >= 11 is 6.03. The second-order valence-electron chi connectivity index (χ2n) is 8.32. The van der Waals surface area contributed by atoms with E-state index in [1.165, 1.54) is 12.3 Å². The molecule has 11 heteroatoms. The average Bonchev–Trinajstić information content (AvgIpc) is 2.83. The van der Waals surface area contributed by atoms with Crippen LogP contribution in [0.2, 0.25) is 5.02 Å². The van der Waals surface area contributed by atoms with Gasteiger partial charge in [0.05, 0.1) is 5.56 Å². The third-order valence-corrected chi connectivity index (χ3v) is 6.01. The van der Waals surface area contributed by atoms with Crippen molar-refractivity contribution in [1.29, 1.82) is 0 Å². The molecule has 0 radical (unpaired) electrons. The van der Waals surface area contributed by atoms with Crippen LogP contribution in [-0.2, 0) is 6.18 Å². The molecule has 1 fully saturated rings. The molecule has 1 aliphatic heterocycles. The van der Waals surface area contributed by atoms with E-state index in [0.29, 0.717) is 48.9 Å². The minimum atomic E-state index is -4.46. The standard InChI is InChI=1S/C23H25ClF3N7/c1-15(2)32(3)21-29-19(16-6-8-17(24)9-7-16)30-22(31-21)34-13-11-33(12-14-34)20-18(23(25,26)27)5-4-10-28-20/h4-10,15H,11-14H2,1-3H3. The average molecular weight is 492 g/mol. The molecule has 3 aromatic rings. The van der Waals surface area contributed by atoms with E-state index >= 15 is 0 Å². The molecule has 34 heavy (non-hydrogen) atoms. The topological polar surface area (TPSA) is 61.3 Å². The Kier molecular flexibility index (Phi) is 6.79. The van der Waals surface area contributed by atoms with Gasteiger partial charge in [-0.25, -0.2) is 4.98 Å². The summed E-state index contributed by atoms with van der Waals surface area (Å²) in [4.78, 5) is 23.6. The molecule has 0 atom stereocenters. The molecule has 0 saturated carbocycles. The normalized spacial score (nSPS) is 14.6. The predicted molar refractivity (Wildman–Crippen MR) is 127 cm³/mol. The van der Waals surface area contributed by atoms with Gasteiger partial charge in [0.15, 0.2) is 5.82 Å². The Bertz CT molecular complexity index is 1130. The SMILES string of the molecule is CC(C)N(C)c1nc(-c2ccc(Cl)cc2)nc(N2CCN(c3ncccc3C(F)(F)F)CC2)n1. The van der Waals surface area contributed by atoms with Gasteiger partial charge in [0.1, 0.15) is 5.82 Å². The number of nitrogens with zero attached hydrogens (tertiary/aromatic N) is 7. The van der Waals surface area contributed by atoms with Gasteiger partial charge in [-0.1, -0.05) is 11.6 Å². The number of aromatic nitrogens is 4. The second-order valence-corrected chi connectivity index (χ2v) is 8.75. The van der Waals surface area contributed by atoms with Crippen molar-refractivity contribution in [3.63, 3.8) is 0 Å². The highest BCUT2D eigenvalue weighted by atomic mass is 35.5. The van der Waals surface area contributed by atoms with E-state index in [1.54, 1.807) is 17.0 Å². The van der Waals surface area contributed by atoms with Crippen molar-refractivity contribution in [2.75, 3.05) is 47.9 Å². The maximum atomic E-state index is 13.4. The summed E-state index contributed by atoms with van der Waals surface area (Å²) < 4.78 is 40.3. The van der Waals surface area contributed by atoms with Gasteiger partial charge in [-0.2, -0.15) is 28.1 Å². The summed E-state index contributed by atoms with van der Waals surface area (Å²) in [5.74, 6) is 1.47. The number of alkyl halides is 3. The number of pyridine rings is 1. The van der Waals surface area contributed by atoms with Crippen molar-refractivity contribution in [1.82, 2.24) is 19.9 Å². The van der Waals surface area contributed by atoms with Crippen molar-refractivity contribution in [3.05, 3.63) is 53.2 Å². The molecular weight excluding hydrogens is 467 g/mol. The Morgan fingerprint density at radius 2 is 1.59 bits per heavy atom. The summed E-state index contributed by atoms with van der Waals surface area (Å²) in [5.41, 5.74) is 0.0721. The molecule has 0 N–H and O–H groups in total. The zero-order chi connectivity index (χ0) is 24.5. The van der Waals surface area contributed by atoms with Gasteiger partial charge >= 0.3 is 6.18 Å². The van der Waals surface area contributed by atoms with Crippen LogP contribution in [0.15, 0.2) is 42.6 Å². The fourth-order valence-electron chi connectivity index (χ4n) is 3.60. The van der Waals surface area contributed by atoms with Gasteiger partial charge in [0.25, 0.3) is 0 Å². The minimum Gasteiger partial charge on any atom is -0.353 e. The summed E-state index contributed by atoms with van der Waals surface area (Å²) in [5, 5.41) is 0.612. The van der Waals surface area contributed by atoms with Crippen LogP contribution in [0.3, 0.4) is 0 Å². The predicted octanol–water partition coefficient (Wildman–Crippen LogP) is 4.78. The Hall–Kier alpha value is -3.14. The van der Waals surface area contributed by atoms with E-state index in [4.69, 9.17) is 11.6 Å². The van der Waals surface area contributed by atoms with Gasteiger partial charge in [-0.05, 0) is 50.2 Å². The summed E-state index contributed by atoms with van der Waals surface area (Å²) in [7, 11) is 1.91. The highest BCUT2D eigenvalue weighted by Crippen LogP contribution is 2.35. The number of hydrogen-bond donors (Lipinski definition) is 0. The van der Waals surface area contributed by atoms with Crippen LogP contribution in [0.25, 0.3) is 11.4 Å². The van der Waals surface area contributed by atoms with Gasteiger partial charge in [0.2, 0.25) is 11.9 Å². The van der Waals surface area contributed by atoms with Crippen LogP contribution in [0.1, 0.15) is 19.4 Å². The van der Waals surface area contributed by atoms with Crippen molar-refractivity contribution < 1.29 is 13.2 Å². The number of halogens is 4. The van der Waals surface area contributed by atoms with E-state index in [-0.39, 0.29) is 11.9 Å². The Morgan fingerprint density at radius 3 is 2.21 bits per heavy atom. The van der Waals surface area contributed by atoms with Crippen LogP contribution < -0.4 is 14.7 Å². The number of hydrogen-bond acceptors (Lipinski definition) is 7. The lowest BCUT2D eigenvalue weighted by molar-refractivity contribution is -0.137. The summed E-state index contributed by atoms with van der Waals surface area (Å²) in [6.07, 6.45) is -3.08. The lowest BCUT2D eigenvalue weighted by Gasteiger charge is -2.36. The number of benzene rings is 1. The maximum Gasteiger partial charge on any atom is 0.419 e.